The number of esters is 1. The molecule has 0 bridgehead atoms. The number of carbonyl (C=O) groups excluding carboxylic acids is 1. The molecule has 7 heteroatoms. The van der Waals surface area contributed by atoms with Crippen LogP contribution in [0.3, 0.4) is 0 Å². The highest BCUT2D eigenvalue weighted by Crippen LogP contribution is 2.29. The second kappa shape index (κ2) is 6.18. The van der Waals surface area contributed by atoms with Gasteiger partial charge >= 0.3 is 12.1 Å². The Kier molecular flexibility index (Phi) is 4.87. The number of carboxylic acid groups (broad SMARTS) is 1. The van der Waals surface area contributed by atoms with Crippen LogP contribution in [0.2, 0.25) is 0 Å². The highest BCUT2D eigenvalue weighted by Gasteiger charge is 2.35. The van der Waals surface area contributed by atoms with Gasteiger partial charge in [0.2, 0.25) is 0 Å². The zero-order valence-corrected chi connectivity index (χ0v) is 10.6. The van der Waals surface area contributed by atoms with E-state index < -0.39 is 17.7 Å². The van der Waals surface area contributed by atoms with E-state index >= 15 is 0 Å². The average Bonchev–Trinajstić information content (AvgIpc) is 2.36. The third-order valence-corrected chi connectivity index (χ3v) is 2.88. The van der Waals surface area contributed by atoms with Crippen LogP contribution in [-0.4, -0.2) is 47.4 Å². The van der Waals surface area contributed by atoms with Crippen molar-refractivity contribution in [2.75, 3.05) is 19.7 Å². The van der Waals surface area contributed by atoms with Crippen molar-refractivity contribution in [2.45, 2.75) is 25.4 Å². The molecular weight excluding hydrogens is 255 g/mol. The van der Waals surface area contributed by atoms with E-state index in [1.54, 1.807) is 13.0 Å². The third kappa shape index (κ3) is 3.95. The van der Waals surface area contributed by atoms with Crippen molar-refractivity contribution in [2.24, 2.45) is 0 Å². The Morgan fingerprint density at radius 2 is 2.11 bits per heavy atom. The van der Waals surface area contributed by atoms with E-state index in [9.17, 15) is 14.0 Å². The van der Waals surface area contributed by atoms with E-state index in [-0.39, 0.29) is 38.1 Å². The smallest absolute Gasteiger partial charge is 0.407 e. The summed E-state index contributed by atoms with van der Waals surface area (Å²) in [7, 11) is 0. The molecule has 0 aromatic carbocycles. The van der Waals surface area contributed by atoms with Crippen LogP contribution in [-0.2, 0) is 9.53 Å². The summed E-state index contributed by atoms with van der Waals surface area (Å²) >= 11 is 0. The lowest BCUT2D eigenvalue weighted by Crippen LogP contribution is -2.43. The van der Waals surface area contributed by atoms with Gasteiger partial charge in [0.05, 0.1) is 6.61 Å². The van der Waals surface area contributed by atoms with E-state index in [1.807, 2.05) is 0 Å². The van der Waals surface area contributed by atoms with Crippen molar-refractivity contribution >= 4 is 12.1 Å². The van der Waals surface area contributed by atoms with E-state index in [0.29, 0.717) is 0 Å². The van der Waals surface area contributed by atoms with Gasteiger partial charge in [0, 0.05) is 25.9 Å². The van der Waals surface area contributed by atoms with E-state index in [2.05, 4.69) is 4.74 Å². The predicted molar refractivity (Wildman–Crippen MR) is 63.0 cm³/mol. The molecule has 0 aromatic heterocycles. The number of hydrogen-bond acceptors (Lipinski definition) is 4. The molecule has 1 heterocycles. The van der Waals surface area contributed by atoms with Gasteiger partial charge in [-0.2, -0.15) is 5.26 Å². The van der Waals surface area contributed by atoms with Crippen molar-refractivity contribution in [1.82, 2.24) is 4.90 Å². The lowest BCUT2D eigenvalue weighted by Gasteiger charge is -2.33. The van der Waals surface area contributed by atoms with Gasteiger partial charge in [0.1, 0.15) is 17.3 Å². The standard InChI is InChI=1S/C12H15FN2O4/c1-2-19-10(16)9(8-14)7-12(13)3-5-15(6-4-12)11(17)18/h7H,2-6H2,1H3,(H,17,18)/b9-7+. The summed E-state index contributed by atoms with van der Waals surface area (Å²) in [5.74, 6) is -0.859. The number of halogens is 1. The second-order valence-electron chi connectivity index (χ2n) is 4.19. The van der Waals surface area contributed by atoms with Gasteiger partial charge in [-0.15, -0.1) is 0 Å². The Morgan fingerprint density at radius 1 is 1.53 bits per heavy atom. The molecule has 0 saturated carbocycles. The van der Waals surface area contributed by atoms with Crippen molar-refractivity contribution in [3.8, 4) is 6.07 Å². The van der Waals surface area contributed by atoms with Gasteiger partial charge in [0.25, 0.3) is 0 Å². The van der Waals surface area contributed by atoms with Crippen LogP contribution in [0.25, 0.3) is 0 Å². The van der Waals surface area contributed by atoms with Crippen LogP contribution in [0.5, 0.6) is 0 Å². The minimum Gasteiger partial charge on any atom is -0.465 e. The van der Waals surface area contributed by atoms with Gasteiger partial charge < -0.3 is 14.7 Å². The molecule has 1 fully saturated rings. The summed E-state index contributed by atoms with van der Waals surface area (Å²) < 4.78 is 19.0. The molecule has 1 aliphatic heterocycles. The van der Waals surface area contributed by atoms with Crippen LogP contribution < -0.4 is 0 Å². The number of alkyl halides is 1. The molecule has 0 unspecified atom stereocenters. The normalized spacial score (nSPS) is 18.6. The highest BCUT2D eigenvalue weighted by molar-refractivity contribution is 5.92. The summed E-state index contributed by atoms with van der Waals surface area (Å²) in [5.41, 5.74) is -2.22. The molecule has 0 aliphatic carbocycles. The first-order chi connectivity index (χ1) is 8.91. The van der Waals surface area contributed by atoms with Crippen LogP contribution >= 0.6 is 0 Å². The van der Waals surface area contributed by atoms with Crippen molar-refractivity contribution in [1.29, 1.82) is 5.26 Å². The molecular formula is C12H15FN2O4. The maximum Gasteiger partial charge on any atom is 0.407 e. The molecule has 0 atom stereocenters. The fourth-order valence-corrected chi connectivity index (χ4v) is 1.82. The number of likely N-dealkylation sites (tertiary alicyclic amines) is 1. The molecule has 1 rings (SSSR count). The predicted octanol–water partition coefficient (Wildman–Crippen LogP) is 1.48. The number of rotatable bonds is 3. The molecule has 1 saturated heterocycles. The number of nitriles is 1. The molecule has 0 aromatic rings. The first-order valence-corrected chi connectivity index (χ1v) is 5.88. The first-order valence-electron chi connectivity index (χ1n) is 5.88. The molecule has 0 spiro atoms. The Hall–Kier alpha value is -2.10. The van der Waals surface area contributed by atoms with Gasteiger partial charge in [-0.1, -0.05) is 0 Å². The maximum absolute atomic E-state index is 14.4. The average molecular weight is 270 g/mol. The van der Waals surface area contributed by atoms with E-state index in [4.69, 9.17) is 10.4 Å². The number of allylic oxidation sites excluding steroid dienone is 1. The number of piperidine rings is 1. The summed E-state index contributed by atoms with van der Waals surface area (Å²) in [6.07, 6.45) is -0.310. The zero-order valence-electron chi connectivity index (χ0n) is 10.6. The zero-order chi connectivity index (χ0) is 14.5. The Labute approximate surface area is 110 Å². The monoisotopic (exact) mass is 270 g/mol. The number of ether oxygens (including phenoxy) is 1. The second-order valence-corrected chi connectivity index (χ2v) is 4.19. The minimum atomic E-state index is -1.84. The van der Waals surface area contributed by atoms with Gasteiger partial charge in [-0.05, 0) is 13.0 Å². The maximum atomic E-state index is 14.4. The summed E-state index contributed by atoms with van der Waals surface area (Å²) in [4.78, 5) is 23.2. The Balaban J connectivity index is 2.77. The van der Waals surface area contributed by atoms with Gasteiger partial charge in [0.15, 0.2) is 0 Å². The van der Waals surface area contributed by atoms with Crippen LogP contribution in [0.1, 0.15) is 19.8 Å². The quantitative estimate of drug-likeness (QED) is 0.476. The number of amides is 1. The molecule has 1 N–H and O–H groups in total. The number of hydrogen-bond donors (Lipinski definition) is 1. The summed E-state index contributed by atoms with van der Waals surface area (Å²) in [6.45, 7) is 1.75. The topological polar surface area (TPSA) is 90.6 Å². The molecule has 0 radical (unpaired) electrons. The van der Waals surface area contributed by atoms with Crippen LogP contribution in [0.15, 0.2) is 11.6 Å². The molecule has 1 aliphatic rings. The van der Waals surface area contributed by atoms with Crippen molar-refractivity contribution in [3.63, 3.8) is 0 Å². The largest absolute Gasteiger partial charge is 0.465 e. The fourth-order valence-electron chi connectivity index (χ4n) is 1.82. The first kappa shape index (κ1) is 15.0. The Morgan fingerprint density at radius 3 is 2.53 bits per heavy atom. The minimum absolute atomic E-state index is 0.0316. The highest BCUT2D eigenvalue weighted by atomic mass is 19.1. The lowest BCUT2D eigenvalue weighted by atomic mass is 9.91. The Bertz CT molecular complexity index is 434. The molecule has 19 heavy (non-hydrogen) atoms. The summed E-state index contributed by atoms with van der Waals surface area (Å²) in [6, 6.07) is 1.61. The SMILES string of the molecule is CCOC(=O)/C(C#N)=C/C1(F)CCN(C(=O)O)CC1. The van der Waals surface area contributed by atoms with E-state index in [1.165, 1.54) is 0 Å². The molecule has 6 nitrogen and oxygen atoms in total. The lowest BCUT2D eigenvalue weighted by molar-refractivity contribution is -0.138. The number of carbonyl (C=O) groups is 2. The van der Waals surface area contributed by atoms with Gasteiger partial charge in [-0.25, -0.2) is 14.0 Å². The molecule has 1 amide bonds. The summed E-state index contributed by atoms with van der Waals surface area (Å²) in [5, 5.41) is 17.6. The third-order valence-electron chi connectivity index (χ3n) is 2.88. The fraction of sp³-hybridized carbons (Fsp3) is 0.583. The van der Waals surface area contributed by atoms with Crippen molar-refractivity contribution < 1.29 is 23.8 Å². The number of nitrogens with zero attached hydrogens (tertiary/aromatic N) is 2. The molecule has 104 valence electrons. The van der Waals surface area contributed by atoms with Crippen LogP contribution in [0.4, 0.5) is 9.18 Å². The van der Waals surface area contributed by atoms with E-state index in [0.717, 1.165) is 11.0 Å². The van der Waals surface area contributed by atoms with Crippen molar-refractivity contribution in [3.05, 3.63) is 11.6 Å². The van der Waals surface area contributed by atoms with Crippen LogP contribution in [0, 0.1) is 11.3 Å². The van der Waals surface area contributed by atoms with Gasteiger partial charge in [-0.3, -0.25) is 0 Å².